The second-order valence-corrected chi connectivity index (χ2v) is 6.35. The minimum absolute atomic E-state index is 0.168. The van der Waals surface area contributed by atoms with Crippen LogP contribution < -0.4 is 0 Å². The van der Waals surface area contributed by atoms with Crippen LogP contribution in [0.2, 0.25) is 0 Å². The predicted octanol–water partition coefficient (Wildman–Crippen LogP) is 4.00. The second kappa shape index (κ2) is 4.05. The Morgan fingerprint density at radius 1 is 0.850 bits per heavy atom. The van der Waals surface area contributed by atoms with Gasteiger partial charge < -0.3 is 0 Å². The molecule has 2 atom stereocenters. The highest BCUT2D eigenvalue weighted by Crippen LogP contribution is 2.45. The molecular weight excluding hydrogens is 244 g/mol. The number of aryl methyl sites for hydroxylation is 2. The normalized spacial score (nSPS) is 23.2. The first-order chi connectivity index (χ1) is 9.63. The third-order valence-electron chi connectivity index (χ3n) is 4.93. The Kier molecular flexibility index (Phi) is 2.41. The highest BCUT2D eigenvalue weighted by molar-refractivity contribution is 6.01. The Morgan fingerprint density at radius 3 is 2.40 bits per heavy atom. The van der Waals surface area contributed by atoms with E-state index in [2.05, 4.69) is 50.2 Å². The fourth-order valence-corrected chi connectivity index (χ4v) is 3.93. The number of carbonyl (C=O) groups excluding carboxylic acids is 1. The van der Waals surface area contributed by atoms with Crippen LogP contribution in [0.3, 0.4) is 0 Å². The zero-order valence-electron chi connectivity index (χ0n) is 11.9. The summed E-state index contributed by atoms with van der Waals surface area (Å²) in [6, 6.07) is 13.0. The molecule has 0 aliphatic heterocycles. The molecule has 0 amide bonds. The minimum atomic E-state index is 0.168. The molecule has 2 aromatic carbocycles. The molecule has 0 fully saturated rings. The number of Topliss-reactive ketones (excluding diaryl/α,β-unsaturated/α-hetero) is 1. The van der Waals surface area contributed by atoms with Gasteiger partial charge in [0.05, 0.1) is 0 Å². The van der Waals surface area contributed by atoms with E-state index in [0.29, 0.717) is 11.7 Å². The summed E-state index contributed by atoms with van der Waals surface area (Å²) in [4.78, 5) is 12.8. The van der Waals surface area contributed by atoms with Crippen molar-refractivity contribution in [1.82, 2.24) is 0 Å². The second-order valence-electron chi connectivity index (χ2n) is 6.35. The summed E-state index contributed by atoms with van der Waals surface area (Å²) in [6.07, 6.45) is 1.94. The summed E-state index contributed by atoms with van der Waals surface area (Å²) >= 11 is 0. The van der Waals surface area contributed by atoms with Crippen LogP contribution in [0.4, 0.5) is 0 Å². The van der Waals surface area contributed by atoms with E-state index in [-0.39, 0.29) is 5.92 Å². The van der Waals surface area contributed by atoms with E-state index in [1.165, 1.54) is 27.8 Å². The van der Waals surface area contributed by atoms with E-state index >= 15 is 0 Å². The zero-order valence-corrected chi connectivity index (χ0v) is 11.9. The highest BCUT2D eigenvalue weighted by atomic mass is 16.1. The topological polar surface area (TPSA) is 17.1 Å². The first-order valence-electron chi connectivity index (χ1n) is 7.36. The van der Waals surface area contributed by atoms with Gasteiger partial charge in [-0.3, -0.25) is 4.79 Å². The Balaban J connectivity index is 1.83. The van der Waals surface area contributed by atoms with E-state index in [4.69, 9.17) is 0 Å². The van der Waals surface area contributed by atoms with Crippen LogP contribution in [0.15, 0.2) is 36.4 Å². The number of hydrogen-bond acceptors (Lipinski definition) is 1. The number of hydrogen-bond donors (Lipinski definition) is 0. The molecule has 0 aromatic heterocycles. The summed E-state index contributed by atoms with van der Waals surface area (Å²) in [5, 5.41) is 0. The van der Waals surface area contributed by atoms with Gasteiger partial charge in [-0.15, -0.1) is 0 Å². The molecule has 1 nitrogen and oxygen atoms in total. The highest BCUT2D eigenvalue weighted by Gasteiger charge is 2.41. The molecule has 0 saturated carbocycles. The molecule has 1 heteroatoms. The average molecular weight is 262 g/mol. The smallest absolute Gasteiger partial charge is 0.167 e. The van der Waals surface area contributed by atoms with Gasteiger partial charge in [0.2, 0.25) is 0 Å². The van der Waals surface area contributed by atoms with Gasteiger partial charge in [-0.2, -0.15) is 0 Å². The van der Waals surface area contributed by atoms with Crippen molar-refractivity contribution in [2.45, 2.75) is 32.6 Å². The molecule has 0 radical (unpaired) electrons. The molecule has 0 saturated heterocycles. The van der Waals surface area contributed by atoms with E-state index in [1.807, 2.05) is 0 Å². The van der Waals surface area contributed by atoms with Gasteiger partial charge in [0.1, 0.15) is 0 Å². The lowest BCUT2D eigenvalue weighted by molar-refractivity contribution is 0.0894. The number of ketones is 1. The monoisotopic (exact) mass is 262 g/mol. The van der Waals surface area contributed by atoms with E-state index in [9.17, 15) is 4.79 Å². The zero-order chi connectivity index (χ0) is 13.9. The van der Waals surface area contributed by atoms with E-state index < -0.39 is 0 Å². The minimum Gasteiger partial charge on any atom is -0.294 e. The van der Waals surface area contributed by atoms with Crippen LogP contribution in [0, 0.1) is 19.8 Å². The Morgan fingerprint density at radius 2 is 1.55 bits per heavy atom. The van der Waals surface area contributed by atoms with E-state index in [0.717, 1.165) is 18.4 Å². The summed E-state index contributed by atoms with van der Waals surface area (Å²) in [6.45, 7) is 4.19. The van der Waals surface area contributed by atoms with Crippen molar-refractivity contribution in [2.75, 3.05) is 0 Å². The van der Waals surface area contributed by atoms with Crippen LogP contribution in [-0.4, -0.2) is 5.78 Å². The van der Waals surface area contributed by atoms with Crippen LogP contribution in [-0.2, 0) is 12.8 Å². The summed E-state index contributed by atoms with van der Waals surface area (Å²) in [5.74, 6) is 0.920. The lowest BCUT2D eigenvalue weighted by Crippen LogP contribution is -2.27. The Labute approximate surface area is 119 Å². The molecule has 0 bridgehead atoms. The van der Waals surface area contributed by atoms with Crippen molar-refractivity contribution >= 4 is 5.78 Å². The quantitative estimate of drug-likeness (QED) is 0.701. The van der Waals surface area contributed by atoms with Crippen molar-refractivity contribution in [3.8, 4) is 0 Å². The Bertz CT molecular complexity index is 727. The third kappa shape index (κ3) is 1.59. The number of fused-ring (bicyclic) bond motifs is 4. The maximum Gasteiger partial charge on any atom is 0.167 e. The first-order valence-corrected chi connectivity index (χ1v) is 7.36. The molecule has 4 rings (SSSR count). The molecule has 0 N–H and O–H groups in total. The van der Waals surface area contributed by atoms with Crippen molar-refractivity contribution in [3.63, 3.8) is 0 Å². The molecule has 20 heavy (non-hydrogen) atoms. The van der Waals surface area contributed by atoms with Gasteiger partial charge in [0, 0.05) is 11.5 Å². The molecule has 0 unspecified atom stereocenters. The van der Waals surface area contributed by atoms with Crippen molar-refractivity contribution in [2.24, 2.45) is 5.92 Å². The molecule has 2 aromatic rings. The standard InChI is InChI=1S/C19H18O/c1-11-4-6-15-14(7-11)10-18-17(15)9-13-5-3-12(2)8-16(13)19(18)20/h3-8,17-18H,9-10H2,1-2H3/t17-,18+/m0/s1. The molecule has 100 valence electrons. The van der Waals surface area contributed by atoms with Gasteiger partial charge in [0.15, 0.2) is 5.78 Å². The lowest BCUT2D eigenvalue weighted by Gasteiger charge is -2.27. The fraction of sp³-hybridized carbons (Fsp3) is 0.316. The SMILES string of the molecule is Cc1ccc2c(c1)C[C@H]1C(=O)c3cc(C)ccc3C[C@@H]21. The average Bonchev–Trinajstić information content (AvgIpc) is 2.78. The number of carbonyl (C=O) groups is 1. The summed E-state index contributed by atoms with van der Waals surface area (Å²) < 4.78 is 0. The Hall–Kier alpha value is -1.89. The molecular formula is C19H18O. The van der Waals surface area contributed by atoms with Crippen LogP contribution in [0.25, 0.3) is 0 Å². The van der Waals surface area contributed by atoms with Gasteiger partial charge in [-0.25, -0.2) is 0 Å². The van der Waals surface area contributed by atoms with Gasteiger partial charge in [-0.1, -0.05) is 41.5 Å². The van der Waals surface area contributed by atoms with Gasteiger partial charge >= 0.3 is 0 Å². The summed E-state index contributed by atoms with van der Waals surface area (Å²) in [7, 11) is 0. The molecule has 0 spiro atoms. The number of rotatable bonds is 0. The van der Waals surface area contributed by atoms with Crippen molar-refractivity contribution in [1.29, 1.82) is 0 Å². The molecule has 2 aliphatic rings. The number of benzene rings is 2. The van der Waals surface area contributed by atoms with Gasteiger partial charge in [-0.05, 0) is 55.4 Å². The maximum atomic E-state index is 12.8. The predicted molar refractivity (Wildman–Crippen MR) is 80.3 cm³/mol. The fourth-order valence-electron chi connectivity index (χ4n) is 3.93. The third-order valence-corrected chi connectivity index (χ3v) is 4.93. The first kappa shape index (κ1) is 11.9. The molecule has 2 aliphatic carbocycles. The summed E-state index contributed by atoms with van der Waals surface area (Å²) in [5.41, 5.74) is 7.47. The molecule has 0 heterocycles. The maximum absolute atomic E-state index is 12.8. The largest absolute Gasteiger partial charge is 0.294 e. The van der Waals surface area contributed by atoms with Crippen LogP contribution >= 0.6 is 0 Å². The van der Waals surface area contributed by atoms with Crippen LogP contribution in [0.5, 0.6) is 0 Å². The van der Waals surface area contributed by atoms with E-state index in [1.54, 1.807) is 0 Å². The van der Waals surface area contributed by atoms with Crippen LogP contribution in [0.1, 0.15) is 44.1 Å². The lowest BCUT2D eigenvalue weighted by atomic mass is 9.75. The van der Waals surface area contributed by atoms with Crippen molar-refractivity contribution < 1.29 is 4.79 Å². The van der Waals surface area contributed by atoms with Gasteiger partial charge in [0.25, 0.3) is 0 Å². The van der Waals surface area contributed by atoms with Crippen molar-refractivity contribution in [3.05, 3.63) is 69.8 Å².